The van der Waals surface area contributed by atoms with Crippen molar-refractivity contribution >= 4 is 5.84 Å². The molecule has 0 aromatic carbocycles. The van der Waals surface area contributed by atoms with Crippen LogP contribution < -0.4 is 0 Å². The van der Waals surface area contributed by atoms with Gasteiger partial charge in [0.05, 0.1) is 0 Å². The van der Waals surface area contributed by atoms with Gasteiger partial charge in [-0.1, -0.05) is 17.2 Å². The van der Waals surface area contributed by atoms with Crippen molar-refractivity contribution in [1.29, 1.82) is 5.41 Å². The molecule has 0 saturated carbocycles. The normalized spacial score (nSPS) is 33.8. The number of allylic oxidation sites excluding steroid dienone is 4. The van der Waals surface area contributed by atoms with Gasteiger partial charge in [0.1, 0.15) is 5.84 Å². The van der Waals surface area contributed by atoms with Crippen molar-refractivity contribution in [3.63, 3.8) is 0 Å². The molecule has 0 bridgehead atoms. The van der Waals surface area contributed by atoms with Gasteiger partial charge in [-0.05, 0) is 39.5 Å². The van der Waals surface area contributed by atoms with Crippen LogP contribution in [0, 0.1) is 17.2 Å². The molecule has 2 atom stereocenters. The van der Waals surface area contributed by atoms with Crippen molar-refractivity contribution in [3.05, 3.63) is 22.9 Å². The summed E-state index contributed by atoms with van der Waals surface area (Å²) in [7, 11) is 0. The fourth-order valence-corrected chi connectivity index (χ4v) is 3.44. The van der Waals surface area contributed by atoms with Gasteiger partial charge in [-0.15, -0.1) is 0 Å². The molecule has 0 radical (unpaired) electrons. The minimum absolute atomic E-state index is 0.480. The number of hydrogen-bond donors (Lipinski definition) is 1. The third kappa shape index (κ3) is 1.28. The minimum Gasteiger partial charge on any atom is -0.334 e. The first-order chi connectivity index (χ1) is 7.68. The summed E-state index contributed by atoms with van der Waals surface area (Å²) in [4.78, 5) is 2.28. The summed E-state index contributed by atoms with van der Waals surface area (Å²) < 4.78 is 0. The molecule has 0 aromatic rings. The molecule has 0 aromatic heterocycles. The Hall–Kier alpha value is -1.05. The zero-order valence-corrected chi connectivity index (χ0v) is 10.2. The molecule has 0 spiro atoms. The van der Waals surface area contributed by atoms with E-state index in [2.05, 4.69) is 24.8 Å². The van der Waals surface area contributed by atoms with Crippen molar-refractivity contribution in [2.45, 2.75) is 39.5 Å². The third-order valence-corrected chi connectivity index (χ3v) is 4.54. The van der Waals surface area contributed by atoms with E-state index in [1.165, 1.54) is 30.5 Å². The largest absolute Gasteiger partial charge is 0.334 e. The average molecular weight is 216 g/mol. The van der Waals surface area contributed by atoms with E-state index in [0.29, 0.717) is 11.8 Å². The Kier molecular flexibility index (Phi) is 2.20. The Balaban J connectivity index is 1.98. The van der Waals surface area contributed by atoms with Crippen LogP contribution in [0.4, 0.5) is 0 Å². The maximum Gasteiger partial charge on any atom is 0.104 e. The van der Waals surface area contributed by atoms with Gasteiger partial charge < -0.3 is 4.90 Å². The molecule has 2 aliphatic heterocycles. The van der Waals surface area contributed by atoms with Crippen LogP contribution in [0.2, 0.25) is 0 Å². The molecular weight excluding hydrogens is 196 g/mol. The van der Waals surface area contributed by atoms with Crippen LogP contribution in [-0.4, -0.2) is 17.3 Å². The van der Waals surface area contributed by atoms with Gasteiger partial charge in [-0.25, -0.2) is 0 Å². The predicted molar refractivity (Wildman–Crippen MR) is 66.3 cm³/mol. The van der Waals surface area contributed by atoms with Crippen molar-refractivity contribution < 1.29 is 0 Å². The molecule has 2 nitrogen and oxygen atoms in total. The van der Waals surface area contributed by atoms with E-state index in [0.717, 1.165) is 18.8 Å². The van der Waals surface area contributed by atoms with Crippen LogP contribution in [0.25, 0.3) is 0 Å². The highest BCUT2D eigenvalue weighted by Gasteiger charge is 2.43. The molecule has 0 amide bonds. The molecule has 2 heteroatoms. The van der Waals surface area contributed by atoms with E-state index in [9.17, 15) is 0 Å². The Morgan fingerprint density at radius 3 is 2.62 bits per heavy atom. The zero-order chi connectivity index (χ0) is 11.3. The molecule has 86 valence electrons. The number of amidine groups is 1. The Bertz CT molecular complexity index is 403. The number of rotatable bonds is 0. The summed E-state index contributed by atoms with van der Waals surface area (Å²) in [5, 5.41) is 8.32. The van der Waals surface area contributed by atoms with Crippen LogP contribution in [0.5, 0.6) is 0 Å². The second kappa shape index (κ2) is 3.47. The fraction of sp³-hybridized carbons (Fsp3) is 0.643. The molecule has 1 saturated heterocycles. The number of nitrogens with one attached hydrogen (secondary N) is 1. The fourth-order valence-electron chi connectivity index (χ4n) is 3.44. The molecule has 3 aliphatic rings. The van der Waals surface area contributed by atoms with Gasteiger partial charge in [-0.2, -0.15) is 0 Å². The maximum atomic E-state index is 8.32. The van der Waals surface area contributed by atoms with Crippen molar-refractivity contribution in [2.75, 3.05) is 6.54 Å². The van der Waals surface area contributed by atoms with Crippen molar-refractivity contribution in [2.24, 2.45) is 11.8 Å². The van der Waals surface area contributed by atoms with Gasteiger partial charge in [0, 0.05) is 24.1 Å². The molecule has 2 unspecified atom stereocenters. The third-order valence-electron chi connectivity index (χ3n) is 4.54. The summed E-state index contributed by atoms with van der Waals surface area (Å²) in [5.74, 6) is 1.99. The molecule has 1 aliphatic carbocycles. The lowest BCUT2D eigenvalue weighted by Crippen LogP contribution is -2.28. The minimum atomic E-state index is 0.480. The van der Waals surface area contributed by atoms with Crippen LogP contribution in [0.15, 0.2) is 22.9 Å². The maximum absolute atomic E-state index is 8.32. The highest BCUT2D eigenvalue weighted by atomic mass is 15.2. The van der Waals surface area contributed by atoms with E-state index in [4.69, 9.17) is 5.41 Å². The molecular formula is C14H20N2. The summed E-state index contributed by atoms with van der Waals surface area (Å²) >= 11 is 0. The van der Waals surface area contributed by atoms with Crippen LogP contribution >= 0.6 is 0 Å². The first-order valence-corrected chi connectivity index (χ1v) is 6.39. The quantitative estimate of drug-likeness (QED) is 0.618. The molecule has 2 heterocycles. The molecule has 3 rings (SSSR count). The van der Waals surface area contributed by atoms with Crippen LogP contribution in [0.3, 0.4) is 0 Å². The Morgan fingerprint density at radius 2 is 1.88 bits per heavy atom. The Morgan fingerprint density at radius 1 is 1.19 bits per heavy atom. The zero-order valence-electron chi connectivity index (χ0n) is 10.2. The van der Waals surface area contributed by atoms with E-state index >= 15 is 0 Å². The molecule has 1 fully saturated rings. The van der Waals surface area contributed by atoms with Crippen LogP contribution in [0.1, 0.15) is 39.5 Å². The van der Waals surface area contributed by atoms with E-state index in [1.807, 2.05) is 0 Å². The van der Waals surface area contributed by atoms with Crippen molar-refractivity contribution in [3.8, 4) is 0 Å². The van der Waals surface area contributed by atoms with Crippen LogP contribution in [-0.2, 0) is 0 Å². The summed E-state index contributed by atoms with van der Waals surface area (Å²) in [5.41, 5.74) is 4.54. The SMILES string of the molecule is CC1=C(C)CC2C3=CCCCN3C(=N)C2C1. The van der Waals surface area contributed by atoms with E-state index in [-0.39, 0.29) is 0 Å². The standard InChI is InChI=1S/C14H20N2/c1-9-7-11-12(8-10(9)2)14(15)16-6-4-3-5-13(11)16/h5,11-12,15H,3-4,6-8H2,1-2H3. The first kappa shape index (κ1) is 10.1. The lowest BCUT2D eigenvalue weighted by atomic mass is 9.77. The second-order valence-corrected chi connectivity index (χ2v) is 5.49. The number of nitrogens with zero attached hydrogens (tertiary/aromatic N) is 1. The molecule has 16 heavy (non-hydrogen) atoms. The summed E-state index contributed by atoms with van der Waals surface area (Å²) in [6, 6.07) is 0. The highest BCUT2D eigenvalue weighted by Crippen LogP contribution is 2.46. The summed E-state index contributed by atoms with van der Waals surface area (Å²) in [6.45, 7) is 5.58. The predicted octanol–water partition coefficient (Wildman–Crippen LogP) is 3.32. The highest BCUT2D eigenvalue weighted by molar-refractivity contribution is 5.88. The average Bonchev–Trinajstić information content (AvgIpc) is 2.55. The monoisotopic (exact) mass is 216 g/mol. The van der Waals surface area contributed by atoms with Gasteiger partial charge in [0.25, 0.3) is 0 Å². The second-order valence-electron chi connectivity index (χ2n) is 5.49. The van der Waals surface area contributed by atoms with Gasteiger partial charge in [0.2, 0.25) is 0 Å². The topological polar surface area (TPSA) is 27.1 Å². The lowest BCUT2D eigenvalue weighted by Gasteiger charge is -2.27. The lowest BCUT2D eigenvalue weighted by molar-refractivity contribution is 0.419. The Labute approximate surface area is 97.5 Å². The first-order valence-electron chi connectivity index (χ1n) is 6.39. The molecule has 1 N–H and O–H groups in total. The van der Waals surface area contributed by atoms with Crippen molar-refractivity contribution in [1.82, 2.24) is 4.90 Å². The van der Waals surface area contributed by atoms with E-state index < -0.39 is 0 Å². The van der Waals surface area contributed by atoms with Gasteiger partial charge in [0.15, 0.2) is 0 Å². The van der Waals surface area contributed by atoms with Gasteiger partial charge in [-0.3, -0.25) is 5.41 Å². The summed E-state index contributed by atoms with van der Waals surface area (Å²) in [6.07, 6.45) is 7.11. The van der Waals surface area contributed by atoms with E-state index in [1.54, 1.807) is 5.57 Å². The van der Waals surface area contributed by atoms with Gasteiger partial charge >= 0.3 is 0 Å². The number of hydrogen-bond acceptors (Lipinski definition) is 1. The number of fused-ring (bicyclic) bond motifs is 3. The smallest absolute Gasteiger partial charge is 0.104 e.